The third-order valence-corrected chi connectivity index (χ3v) is 5.83. The molecule has 5 heteroatoms. The zero-order valence-electron chi connectivity index (χ0n) is 12.6. The topological polar surface area (TPSA) is 45.1 Å². The molecule has 1 aliphatic carbocycles. The summed E-state index contributed by atoms with van der Waals surface area (Å²) in [4.78, 5) is 4.40. The first-order valence-electron chi connectivity index (χ1n) is 7.80. The number of aromatic nitrogens is 1. The lowest BCUT2D eigenvalue weighted by molar-refractivity contribution is 0.122. The number of hydrogen-bond donors (Lipinski definition) is 2. The third kappa shape index (κ3) is 4.68. The van der Waals surface area contributed by atoms with E-state index in [4.69, 9.17) is 0 Å². The van der Waals surface area contributed by atoms with Crippen molar-refractivity contribution in [3.8, 4) is 0 Å². The Kier molecular flexibility index (Phi) is 6.99. The Balaban J connectivity index is 1.84. The Morgan fingerprint density at radius 3 is 3.05 bits per heavy atom. The molecule has 0 saturated heterocycles. The number of nitrogens with zero attached hydrogens (tertiary/aromatic N) is 1. The molecule has 1 heterocycles. The molecule has 1 fully saturated rings. The molecular formula is C16H25BrN2OS. The summed E-state index contributed by atoms with van der Waals surface area (Å²) in [6.07, 6.45) is 7.66. The average Bonchev–Trinajstić information content (AvgIpc) is 2.91. The number of rotatable bonds is 8. The monoisotopic (exact) mass is 372 g/mol. The van der Waals surface area contributed by atoms with Gasteiger partial charge in [0.1, 0.15) is 0 Å². The second-order valence-electron chi connectivity index (χ2n) is 5.78. The van der Waals surface area contributed by atoms with Gasteiger partial charge in [-0.25, -0.2) is 4.98 Å². The van der Waals surface area contributed by atoms with Gasteiger partial charge < -0.3 is 10.4 Å². The fourth-order valence-electron chi connectivity index (χ4n) is 3.19. The van der Waals surface area contributed by atoms with Gasteiger partial charge in [0.05, 0.1) is 11.6 Å². The van der Waals surface area contributed by atoms with Gasteiger partial charge >= 0.3 is 0 Å². The molecule has 21 heavy (non-hydrogen) atoms. The summed E-state index contributed by atoms with van der Waals surface area (Å²) in [6, 6.07) is 4.09. The normalized spacial score (nSPS) is 25.4. The lowest BCUT2D eigenvalue weighted by Crippen LogP contribution is -2.51. The molecule has 0 radical (unpaired) electrons. The number of nitrogens with one attached hydrogen (secondary N) is 1. The van der Waals surface area contributed by atoms with E-state index in [1.165, 1.54) is 12.8 Å². The van der Waals surface area contributed by atoms with Gasteiger partial charge in [-0.2, -0.15) is 0 Å². The molecule has 2 unspecified atom stereocenters. The van der Waals surface area contributed by atoms with Crippen molar-refractivity contribution < 1.29 is 5.11 Å². The van der Waals surface area contributed by atoms with Crippen LogP contribution in [0.1, 0.15) is 39.0 Å². The minimum absolute atomic E-state index is 0.0380. The highest BCUT2D eigenvalue weighted by Crippen LogP contribution is 2.38. The molecule has 2 atom stereocenters. The van der Waals surface area contributed by atoms with Gasteiger partial charge in [0.2, 0.25) is 0 Å². The number of thioether (sulfide) groups is 1. The number of halogens is 1. The van der Waals surface area contributed by atoms with Gasteiger partial charge in [0.25, 0.3) is 0 Å². The third-order valence-electron chi connectivity index (χ3n) is 4.38. The van der Waals surface area contributed by atoms with Gasteiger partial charge in [-0.15, -0.1) is 11.8 Å². The Labute approximate surface area is 140 Å². The molecule has 0 spiro atoms. The van der Waals surface area contributed by atoms with Crippen LogP contribution in [0.25, 0.3) is 0 Å². The molecule has 0 aliphatic heterocycles. The van der Waals surface area contributed by atoms with E-state index in [0.717, 1.165) is 41.1 Å². The maximum atomic E-state index is 9.87. The van der Waals surface area contributed by atoms with Crippen LogP contribution in [0.3, 0.4) is 0 Å². The lowest BCUT2D eigenvalue weighted by atomic mass is 9.85. The summed E-state index contributed by atoms with van der Waals surface area (Å²) in [5.74, 6) is 1.64. The van der Waals surface area contributed by atoms with Crippen LogP contribution >= 0.6 is 27.7 Å². The van der Waals surface area contributed by atoms with Crippen LogP contribution in [-0.4, -0.2) is 34.5 Å². The van der Waals surface area contributed by atoms with Gasteiger partial charge in [0, 0.05) is 16.2 Å². The van der Waals surface area contributed by atoms with Crippen LogP contribution in [-0.2, 0) is 0 Å². The fraction of sp³-hybridized carbons (Fsp3) is 0.688. The first kappa shape index (κ1) is 17.3. The van der Waals surface area contributed by atoms with Crippen LogP contribution in [0.2, 0.25) is 0 Å². The minimum atomic E-state index is -0.0380. The minimum Gasteiger partial charge on any atom is -0.394 e. The predicted molar refractivity (Wildman–Crippen MR) is 92.7 cm³/mol. The van der Waals surface area contributed by atoms with Gasteiger partial charge in [0.15, 0.2) is 0 Å². The maximum absolute atomic E-state index is 9.87. The molecule has 1 aliphatic rings. The molecule has 0 amide bonds. The van der Waals surface area contributed by atoms with Crippen molar-refractivity contribution in [1.29, 1.82) is 0 Å². The molecule has 2 rings (SSSR count). The van der Waals surface area contributed by atoms with E-state index in [2.05, 4.69) is 39.2 Å². The van der Waals surface area contributed by atoms with Crippen LogP contribution in [0.4, 0.5) is 0 Å². The summed E-state index contributed by atoms with van der Waals surface area (Å²) in [5, 5.41) is 14.6. The van der Waals surface area contributed by atoms with E-state index in [9.17, 15) is 5.11 Å². The highest BCUT2D eigenvalue weighted by molar-refractivity contribution is 9.10. The molecule has 3 nitrogen and oxygen atoms in total. The van der Waals surface area contributed by atoms with Crippen LogP contribution in [0.5, 0.6) is 0 Å². The Bertz CT molecular complexity index is 429. The Hall–Kier alpha value is -0.100. The average molecular weight is 373 g/mol. The number of aliphatic hydroxyl groups excluding tert-OH is 1. The van der Waals surface area contributed by atoms with Crippen LogP contribution in [0, 0.1) is 5.92 Å². The standard InChI is InChI=1S/C16H25BrN2OS/c1-2-9-19-16(12-20)8-3-4-13(16)7-10-21-15-6-5-14(17)11-18-15/h5-6,11,13,19-20H,2-4,7-10,12H2,1H3. The summed E-state index contributed by atoms with van der Waals surface area (Å²) in [6.45, 7) is 3.44. The molecule has 0 bridgehead atoms. The van der Waals surface area contributed by atoms with Crippen molar-refractivity contribution in [3.63, 3.8) is 0 Å². The van der Waals surface area contributed by atoms with E-state index in [1.54, 1.807) is 0 Å². The molecule has 2 N–H and O–H groups in total. The van der Waals surface area contributed by atoms with Crippen molar-refractivity contribution in [2.24, 2.45) is 5.92 Å². The highest BCUT2D eigenvalue weighted by Gasteiger charge is 2.41. The largest absolute Gasteiger partial charge is 0.394 e. The van der Waals surface area contributed by atoms with Crippen molar-refractivity contribution in [2.45, 2.75) is 49.6 Å². The summed E-state index contributed by atoms with van der Waals surface area (Å²) >= 11 is 5.22. The van der Waals surface area contributed by atoms with Gasteiger partial charge in [-0.05, 0) is 72.0 Å². The second-order valence-corrected chi connectivity index (χ2v) is 7.81. The highest BCUT2D eigenvalue weighted by atomic mass is 79.9. The predicted octanol–water partition coefficient (Wildman–Crippen LogP) is 3.86. The van der Waals surface area contributed by atoms with E-state index in [1.807, 2.05) is 24.0 Å². The Morgan fingerprint density at radius 2 is 2.38 bits per heavy atom. The first-order chi connectivity index (χ1) is 10.2. The number of aliphatic hydroxyl groups is 1. The van der Waals surface area contributed by atoms with Crippen molar-refractivity contribution in [1.82, 2.24) is 10.3 Å². The Morgan fingerprint density at radius 1 is 1.52 bits per heavy atom. The van der Waals surface area contributed by atoms with E-state index >= 15 is 0 Å². The molecule has 1 aromatic rings. The lowest BCUT2D eigenvalue weighted by Gasteiger charge is -2.35. The number of hydrogen-bond acceptors (Lipinski definition) is 4. The fourth-order valence-corrected chi connectivity index (χ4v) is 4.33. The quantitative estimate of drug-likeness (QED) is 0.680. The zero-order chi connectivity index (χ0) is 15.1. The summed E-state index contributed by atoms with van der Waals surface area (Å²) < 4.78 is 1.02. The molecule has 118 valence electrons. The summed E-state index contributed by atoms with van der Waals surface area (Å²) in [5.41, 5.74) is -0.0380. The number of pyridine rings is 1. The van der Waals surface area contributed by atoms with Crippen LogP contribution < -0.4 is 5.32 Å². The summed E-state index contributed by atoms with van der Waals surface area (Å²) in [7, 11) is 0. The molecule has 0 aromatic carbocycles. The van der Waals surface area contributed by atoms with Gasteiger partial charge in [-0.1, -0.05) is 13.3 Å². The second kappa shape index (κ2) is 8.51. The molecule has 1 saturated carbocycles. The van der Waals surface area contributed by atoms with Crippen LogP contribution in [0.15, 0.2) is 27.8 Å². The maximum Gasteiger partial charge on any atom is 0.0960 e. The smallest absolute Gasteiger partial charge is 0.0960 e. The van der Waals surface area contributed by atoms with Gasteiger partial charge in [-0.3, -0.25) is 0 Å². The van der Waals surface area contributed by atoms with Crippen molar-refractivity contribution in [2.75, 3.05) is 18.9 Å². The SMILES string of the molecule is CCCNC1(CO)CCCC1CCSc1ccc(Br)cn1. The molecule has 1 aromatic heterocycles. The molecular weight excluding hydrogens is 348 g/mol. The van der Waals surface area contributed by atoms with E-state index < -0.39 is 0 Å². The first-order valence-corrected chi connectivity index (χ1v) is 9.58. The van der Waals surface area contributed by atoms with E-state index in [-0.39, 0.29) is 12.1 Å². The van der Waals surface area contributed by atoms with Crippen molar-refractivity contribution in [3.05, 3.63) is 22.8 Å². The van der Waals surface area contributed by atoms with Crippen molar-refractivity contribution >= 4 is 27.7 Å². The van der Waals surface area contributed by atoms with E-state index in [0.29, 0.717) is 5.92 Å². The zero-order valence-corrected chi connectivity index (χ0v) is 15.0.